The van der Waals surface area contributed by atoms with Crippen LogP contribution in [0.5, 0.6) is 0 Å². The van der Waals surface area contributed by atoms with E-state index in [-0.39, 0.29) is 0 Å². The summed E-state index contributed by atoms with van der Waals surface area (Å²) in [5, 5.41) is 3.35. The van der Waals surface area contributed by atoms with Crippen molar-refractivity contribution in [3.05, 3.63) is 12.2 Å². The molecule has 0 aromatic carbocycles. The summed E-state index contributed by atoms with van der Waals surface area (Å²) in [6.45, 7) is 2.22. The van der Waals surface area contributed by atoms with Crippen LogP contribution in [-0.4, -0.2) is 18.9 Å². The lowest BCUT2D eigenvalue weighted by atomic mass is 9.72. The molecule has 0 atom stereocenters. The summed E-state index contributed by atoms with van der Waals surface area (Å²) in [6, 6.07) is 0. The molecule has 1 heterocycles. The number of allylic oxidation sites excluding steroid dienone is 2. The van der Waals surface area contributed by atoms with E-state index in [1.54, 1.807) is 6.08 Å². The summed E-state index contributed by atoms with van der Waals surface area (Å²) in [5.74, 6) is 0.305. The van der Waals surface area contributed by atoms with E-state index < -0.39 is 0 Å². The fourth-order valence-electron chi connectivity index (χ4n) is 2.15. The van der Waals surface area contributed by atoms with Gasteiger partial charge in [0.2, 0.25) is 0 Å². The fraction of sp³-hybridized carbons (Fsp3) is 0.700. The first kappa shape index (κ1) is 7.99. The average molecular weight is 165 g/mol. The lowest BCUT2D eigenvalue weighted by Gasteiger charge is -2.36. The van der Waals surface area contributed by atoms with Crippen molar-refractivity contribution in [1.29, 1.82) is 0 Å². The molecule has 2 heteroatoms. The topological polar surface area (TPSA) is 29.1 Å². The minimum atomic E-state index is 0.305. The first-order valence-corrected chi connectivity index (χ1v) is 4.74. The Morgan fingerprint density at radius 3 is 2.58 bits per heavy atom. The van der Waals surface area contributed by atoms with Gasteiger partial charge in [-0.05, 0) is 43.8 Å². The van der Waals surface area contributed by atoms with Crippen molar-refractivity contribution in [1.82, 2.24) is 5.32 Å². The Balaban J connectivity index is 2.10. The fourth-order valence-corrected chi connectivity index (χ4v) is 2.15. The molecule has 1 fully saturated rings. The van der Waals surface area contributed by atoms with E-state index in [1.807, 2.05) is 0 Å². The number of nitrogens with one attached hydrogen (secondary N) is 1. The molecule has 1 aliphatic heterocycles. The largest absolute Gasteiger partial charge is 0.317 e. The quantitative estimate of drug-likeness (QED) is 0.585. The van der Waals surface area contributed by atoms with E-state index in [2.05, 4.69) is 11.4 Å². The van der Waals surface area contributed by atoms with Gasteiger partial charge in [-0.3, -0.25) is 4.79 Å². The molecule has 1 N–H and O–H groups in total. The van der Waals surface area contributed by atoms with Gasteiger partial charge in [0.25, 0.3) is 0 Å². The van der Waals surface area contributed by atoms with Crippen LogP contribution >= 0.6 is 0 Å². The van der Waals surface area contributed by atoms with Crippen molar-refractivity contribution >= 4 is 5.78 Å². The van der Waals surface area contributed by atoms with Gasteiger partial charge in [0.15, 0.2) is 5.78 Å². The van der Waals surface area contributed by atoms with Gasteiger partial charge in [-0.15, -0.1) is 0 Å². The van der Waals surface area contributed by atoms with Crippen molar-refractivity contribution in [2.24, 2.45) is 5.41 Å². The molecule has 0 bridgehead atoms. The third-order valence-electron chi connectivity index (χ3n) is 3.09. The van der Waals surface area contributed by atoms with Crippen molar-refractivity contribution in [3.63, 3.8) is 0 Å². The average Bonchev–Trinajstić information content (AvgIpc) is 2.13. The molecule has 2 rings (SSSR count). The number of ketones is 1. The van der Waals surface area contributed by atoms with E-state index in [1.165, 1.54) is 12.8 Å². The van der Waals surface area contributed by atoms with Crippen molar-refractivity contribution < 1.29 is 4.79 Å². The van der Waals surface area contributed by atoms with E-state index in [0.29, 0.717) is 11.2 Å². The van der Waals surface area contributed by atoms with Crippen molar-refractivity contribution in [3.8, 4) is 0 Å². The van der Waals surface area contributed by atoms with Crippen LogP contribution in [0.25, 0.3) is 0 Å². The predicted molar refractivity (Wildman–Crippen MR) is 47.9 cm³/mol. The minimum Gasteiger partial charge on any atom is -0.317 e. The number of carbonyl (C=O) groups excluding carboxylic acids is 1. The SMILES string of the molecule is O=C1C=CC2(CCNCC2)CC1. The Kier molecular flexibility index (Phi) is 2.01. The summed E-state index contributed by atoms with van der Waals surface area (Å²) < 4.78 is 0. The van der Waals surface area contributed by atoms with Crippen LogP contribution in [0.15, 0.2) is 12.2 Å². The Morgan fingerprint density at radius 2 is 2.00 bits per heavy atom. The molecule has 1 saturated heterocycles. The molecule has 0 aromatic rings. The minimum absolute atomic E-state index is 0.305. The van der Waals surface area contributed by atoms with Gasteiger partial charge in [-0.2, -0.15) is 0 Å². The van der Waals surface area contributed by atoms with Gasteiger partial charge >= 0.3 is 0 Å². The third-order valence-corrected chi connectivity index (χ3v) is 3.09. The summed E-state index contributed by atoms with van der Waals surface area (Å²) in [6.07, 6.45) is 8.18. The molecule has 0 radical (unpaired) electrons. The van der Waals surface area contributed by atoms with Crippen LogP contribution in [0.4, 0.5) is 0 Å². The van der Waals surface area contributed by atoms with Gasteiger partial charge in [-0.25, -0.2) is 0 Å². The molecule has 0 unspecified atom stereocenters. The van der Waals surface area contributed by atoms with E-state index >= 15 is 0 Å². The second-order valence-electron chi connectivity index (χ2n) is 3.91. The molecule has 0 saturated carbocycles. The number of carbonyl (C=O) groups is 1. The van der Waals surface area contributed by atoms with Crippen LogP contribution in [-0.2, 0) is 4.79 Å². The maximum atomic E-state index is 11.0. The molecule has 2 aliphatic rings. The standard InChI is InChI=1S/C10H15NO/c12-9-1-3-10(4-2-9)5-7-11-8-6-10/h1,3,11H,2,4-8H2. The molecular weight excluding hydrogens is 150 g/mol. The molecule has 0 aromatic heterocycles. The van der Waals surface area contributed by atoms with Crippen LogP contribution < -0.4 is 5.32 Å². The lowest BCUT2D eigenvalue weighted by molar-refractivity contribution is -0.115. The number of rotatable bonds is 0. The zero-order chi connectivity index (χ0) is 8.44. The molecular formula is C10H15NO. The summed E-state index contributed by atoms with van der Waals surface area (Å²) >= 11 is 0. The first-order valence-electron chi connectivity index (χ1n) is 4.74. The van der Waals surface area contributed by atoms with E-state index in [0.717, 1.165) is 25.9 Å². The highest BCUT2D eigenvalue weighted by Crippen LogP contribution is 2.37. The summed E-state index contributed by atoms with van der Waals surface area (Å²) in [4.78, 5) is 11.0. The van der Waals surface area contributed by atoms with E-state index in [9.17, 15) is 4.79 Å². The van der Waals surface area contributed by atoms with Gasteiger partial charge < -0.3 is 5.32 Å². The Labute approximate surface area is 73.0 Å². The maximum Gasteiger partial charge on any atom is 0.155 e. The van der Waals surface area contributed by atoms with E-state index in [4.69, 9.17) is 0 Å². The van der Waals surface area contributed by atoms with Crippen LogP contribution in [0.2, 0.25) is 0 Å². The molecule has 1 spiro atoms. The Bertz CT molecular complexity index is 214. The predicted octanol–water partition coefficient (Wildman–Crippen LogP) is 1.28. The molecule has 12 heavy (non-hydrogen) atoms. The maximum absolute atomic E-state index is 11.0. The smallest absolute Gasteiger partial charge is 0.155 e. The highest BCUT2D eigenvalue weighted by Gasteiger charge is 2.31. The number of hydrogen-bond donors (Lipinski definition) is 1. The Hall–Kier alpha value is -0.630. The van der Waals surface area contributed by atoms with Crippen LogP contribution in [0.3, 0.4) is 0 Å². The van der Waals surface area contributed by atoms with Gasteiger partial charge in [-0.1, -0.05) is 6.08 Å². The lowest BCUT2D eigenvalue weighted by Crippen LogP contribution is -2.37. The highest BCUT2D eigenvalue weighted by molar-refractivity contribution is 5.90. The second kappa shape index (κ2) is 3.02. The first-order chi connectivity index (χ1) is 5.81. The highest BCUT2D eigenvalue weighted by atomic mass is 16.1. The van der Waals surface area contributed by atoms with Crippen molar-refractivity contribution in [2.75, 3.05) is 13.1 Å². The molecule has 66 valence electrons. The molecule has 1 aliphatic carbocycles. The monoisotopic (exact) mass is 165 g/mol. The Morgan fingerprint density at radius 1 is 1.25 bits per heavy atom. The third kappa shape index (κ3) is 1.44. The summed E-state index contributed by atoms with van der Waals surface area (Å²) in [7, 11) is 0. The van der Waals surface area contributed by atoms with Crippen LogP contribution in [0, 0.1) is 5.41 Å². The number of piperidine rings is 1. The van der Waals surface area contributed by atoms with Crippen molar-refractivity contribution in [2.45, 2.75) is 25.7 Å². The zero-order valence-corrected chi connectivity index (χ0v) is 7.31. The zero-order valence-electron chi connectivity index (χ0n) is 7.31. The van der Waals surface area contributed by atoms with Crippen LogP contribution in [0.1, 0.15) is 25.7 Å². The van der Waals surface area contributed by atoms with Gasteiger partial charge in [0.05, 0.1) is 0 Å². The normalized spacial score (nSPS) is 27.8. The molecule has 0 amide bonds. The van der Waals surface area contributed by atoms with Gasteiger partial charge in [0, 0.05) is 6.42 Å². The number of hydrogen-bond acceptors (Lipinski definition) is 2. The second-order valence-corrected chi connectivity index (χ2v) is 3.91. The van der Waals surface area contributed by atoms with Gasteiger partial charge in [0.1, 0.15) is 0 Å². The molecule has 2 nitrogen and oxygen atoms in total. The summed E-state index contributed by atoms with van der Waals surface area (Å²) in [5.41, 5.74) is 0.374.